The van der Waals surface area contributed by atoms with Crippen LogP contribution in [0.25, 0.3) is 0 Å². The summed E-state index contributed by atoms with van der Waals surface area (Å²) in [5, 5.41) is 12.0. The van der Waals surface area contributed by atoms with Crippen LogP contribution in [0.4, 0.5) is 0 Å². The van der Waals surface area contributed by atoms with Crippen molar-refractivity contribution in [3.8, 4) is 0 Å². The molecule has 2 N–H and O–H groups in total. The third-order valence-electron chi connectivity index (χ3n) is 2.63. The predicted octanol–water partition coefficient (Wildman–Crippen LogP) is -0.321. The number of ether oxygens (including phenoxy) is 1. The Hall–Kier alpha value is -0.160. The van der Waals surface area contributed by atoms with Gasteiger partial charge in [-0.25, -0.2) is 0 Å². The van der Waals surface area contributed by atoms with E-state index in [1.54, 1.807) is 0 Å². The molecule has 0 unspecified atom stereocenters. The number of hydrogen-bond donors (Lipinski definition) is 2. The van der Waals surface area contributed by atoms with Crippen molar-refractivity contribution in [1.82, 2.24) is 10.2 Å². The molecule has 0 aromatic heterocycles. The second kappa shape index (κ2) is 7.17. The number of likely N-dealkylation sites (tertiary alicyclic amines) is 1. The average Bonchev–Trinajstić information content (AvgIpc) is 2.21. The maximum atomic E-state index is 8.49. The van der Waals surface area contributed by atoms with Gasteiger partial charge in [0.2, 0.25) is 0 Å². The van der Waals surface area contributed by atoms with Gasteiger partial charge >= 0.3 is 0 Å². The molecular weight excluding hydrogens is 180 g/mol. The fourth-order valence-corrected chi connectivity index (χ4v) is 1.71. The number of aliphatic hydroxyl groups is 1. The molecule has 0 radical (unpaired) electrons. The quantitative estimate of drug-likeness (QED) is 0.579. The molecule has 1 saturated heterocycles. The molecule has 4 heteroatoms. The van der Waals surface area contributed by atoms with E-state index in [1.807, 2.05) is 0 Å². The van der Waals surface area contributed by atoms with Gasteiger partial charge < -0.3 is 20.1 Å². The normalized spacial score (nSPS) is 20.1. The summed E-state index contributed by atoms with van der Waals surface area (Å²) in [6, 6.07) is 0.656. The monoisotopic (exact) mass is 202 g/mol. The molecule has 0 aromatic carbocycles. The van der Waals surface area contributed by atoms with Crippen molar-refractivity contribution in [2.75, 3.05) is 46.5 Å². The molecule has 1 rings (SSSR count). The lowest BCUT2D eigenvalue weighted by molar-refractivity contribution is 0.0908. The van der Waals surface area contributed by atoms with Gasteiger partial charge in [0.15, 0.2) is 0 Å². The van der Waals surface area contributed by atoms with Gasteiger partial charge in [0.05, 0.1) is 19.8 Å². The maximum absolute atomic E-state index is 8.49. The van der Waals surface area contributed by atoms with Gasteiger partial charge in [-0.05, 0) is 33.0 Å². The van der Waals surface area contributed by atoms with Crippen LogP contribution in [0.2, 0.25) is 0 Å². The molecule has 1 aliphatic heterocycles. The summed E-state index contributed by atoms with van der Waals surface area (Å²) in [4.78, 5) is 2.36. The maximum Gasteiger partial charge on any atom is 0.0698 e. The zero-order valence-corrected chi connectivity index (χ0v) is 9.04. The molecule has 0 aromatic rings. The van der Waals surface area contributed by atoms with E-state index in [2.05, 4.69) is 17.3 Å². The number of rotatable bonds is 6. The lowest BCUT2D eigenvalue weighted by Gasteiger charge is -2.29. The Morgan fingerprint density at radius 2 is 2.07 bits per heavy atom. The first-order valence-corrected chi connectivity index (χ1v) is 5.43. The molecule has 14 heavy (non-hydrogen) atoms. The minimum atomic E-state index is 0.119. The topological polar surface area (TPSA) is 44.7 Å². The first kappa shape index (κ1) is 11.9. The van der Waals surface area contributed by atoms with Crippen LogP contribution in [-0.2, 0) is 4.74 Å². The van der Waals surface area contributed by atoms with Crippen LogP contribution in [-0.4, -0.2) is 62.6 Å². The van der Waals surface area contributed by atoms with Crippen LogP contribution in [0.5, 0.6) is 0 Å². The molecular formula is C10H22N2O2. The third-order valence-corrected chi connectivity index (χ3v) is 2.63. The van der Waals surface area contributed by atoms with Gasteiger partial charge in [0, 0.05) is 12.6 Å². The van der Waals surface area contributed by atoms with Crippen LogP contribution in [0.1, 0.15) is 12.8 Å². The van der Waals surface area contributed by atoms with Crippen molar-refractivity contribution in [1.29, 1.82) is 0 Å². The second-order valence-electron chi connectivity index (χ2n) is 3.87. The van der Waals surface area contributed by atoms with E-state index in [0.29, 0.717) is 19.3 Å². The molecule has 0 spiro atoms. The zero-order chi connectivity index (χ0) is 10.2. The third kappa shape index (κ3) is 4.91. The standard InChI is InChI=1S/C10H22N2O2/c1-12-5-2-10(3-6-12)11-4-8-14-9-7-13/h10-11,13H,2-9H2,1H3. The number of nitrogens with one attached hydrogen (secondary N) is 1. The Balaban J connectivity index is 1.91. The smallest absolute Gasteiger partial charge is 0.0698 e. The number of piperidine rings is 1. The molecule has 0 amide bonds. The molecule has 0 atom stereocenters. The lowest BCUT2D eigenvalue weighted by Crippen LogP contribution is -2.41. The van der Waals surface area contributed by atoms with E-state index in [4.69, 9.17) is 9.84 Å². The Bertz CT molecular complexity index is 136. The highest BCUT2D eigenvalue weighted by Crippen LogP contribution is 2.07. The summed E-state index contributed by atoms with van der Waals surface area (Å²) in [5.41, 5.74) is 0. The average molecular weight is 202 g/mol. The van der Waals surface area contributed by atoms with E-state index in [9.17, 15) is 0 Å². The fourth-order valence-electron chi connectivity index (χ4n) is 1.71. The number of aliphatic hydroxyl groups excluding tert-OH is 1. The van der Waals surface area contributed by atoms with E-state index in [0.717, 1.165) is 6.54 Å². The van der Waals surface area contributed by atoms with E-state index in [-0.39, 0.29) is 6.61 Å². The molecule has 0 bridgehead atoms. The van der Waals surface area contributed by atoms with Crippen molar-refractivity contribution < 1.29 is 9.84 Å². The van der Waals surface area contributed by atoms with Crippen molar-refractivity contribution in [3.05, 3.63) is 0 Å². The summed E-state index contributed by atoms with van der Waals surface area (Å²) >= 11 is 0. The van der Waals surface area contributed by atoms with Crippen molar-refractivity contribution in [2.45, 2.75) is 18.9 Å². The van der Waals surface area contributed by atoms with Crippen LogP contribution >= 0.6 is 0 Å². The Kier molecular flexibility index (Phi) is 6.10. The minimum Gasteiger partial charge on any atom is -0.394 e. The molecule has 1 heterocycles. The summed E-state index contributed by atoms with van der Waals surface area (Å²) in [7, 11) is 2.17. The van der Waals surface area contributed by atoms with Gasteiger partial charge in [-0.15, -0.1) is 0 Å². The van der Waals surface area contributed by atoms with Gasteiger partial charge in [0.1, 0.15) is 0 Å². The first-order valence-electron chi connectivity index (χ1n) is 5.43. The van der Waals surface area contributed by atoms with E-state index >= 15 is 0 Å². The van der Waals surface area contributed by atoms with Gasteiger partial charge in [-0.3, -0.25) is 0 Å². The highest BCUT2D eigenvalue weighted by Gasteiger charge is 2.15. The van der Waals surface area contributed by atoms with Gasteiger partial charge in [-0.2, -0.15) is 0 Å². The van der Waals surface area contributed by atoms with E-state index < -0.39 is 0 Å². The predicted molar refractivity (Wildman–Crippen MR) is 56.4 cm³/mol. The summed E-state index contributed by atoms with van der Waals surface area (Å²) in [5.74, 6) is 0. The molecule has 0 aliphatic carbocycles. The minimum absolute atomic E-state index is 0.119. The van der Waals surface area contributed by atoms with Crippen LogP contribution < -0.4 is 5.32 Å². The fraction of sp³-hybridized carbons (Fsp3) is 1.00. The number of hydrogen-bond acceptors (Lipinski definition) is 4. The molecule has 1 fully saturated rings. The van der Waals surface area contributed by atoms with Crippen molar-refractivity contribution >= 4 is 0 Å². The summed E-state index contributed by atoms with van der Waals surface area (Å²) in [6.45, 7) is 4.55. The Morgan fingerprint density at radius 3 is 2.71 bits per heavy atom. The molecule has 0 saturated carbocycles. The first-order chi connectivity index (χ1) is 6.83. The van der Waals surface area contributed by atoms with Gasteiger partial charge in [0.25, 0.3) is 0 Å². The second-order valence-corrected chi connectivity index (χ2v) is 3.87. The SMILES string of the molecule is CN1CCC(NCCOCCO)CC1. The van der Waals surface area contributed by atoms with Crippen LogP contribution in [0, 0.1) is 0 Å². The summed E-state index contributed by atoms with van der Waals surface area (Å²) < 4.78 is 5.17. The molecule has 1 aliphatic rings. The lowest BCUT2D eigenvalue weighted by atomic mass is 10.1. The molecule has 4 nitrogen and oxygen atoms in total. The van der Waals surface area contributed by atoms with Crippen molar-refractivity contribution in [3.63, 3.8) is 0 Å². The largest absolute Gasteiger partial charge is 0.394 e. The Labute approximate surface area is 86.2 Å². The highest BCUT2D eigenvalue weighted by atomic mass is 16.5. The van der Waals surface area contributed by atoms with Crippen molar-refractivity contribution in [2.24, 2.45) is 0 Å². The number of nitrogens with zero attached hydrogens (tertiary/aromatic N) is 1. The van der Waals surface area contributed by atoms with E-state index in [1.165, 1.54) is 25.9 Å². The highest BCUT2D eigenvalue weighted by molar-refractivity contribution is 4.74. The van der Waals surface area contributed by atoms with Crippen LogP contribution in [0.15, 0.2) is 0 Å². The van der Waals surface area contributed by atoms with Gasteiger partial charge in [-0.1, -0.05) is 0 Å². The molecule has 84 valence electrons. The zero-order valence-electron chi connectivity index (χ0n) is 9.04. The van der Waals surface area contributed by atoms with Crippen LogP contribution in [0.3, 0.4) is 0 Å². The Morgan fingerprint density at radius 1 is 1.36 bits per heavy atom. The summed E-state index contributed by atoms with van der Waals surface area (Å²) in [6.07, 6.45) is 2.47.